The van der Waals surface area contributed by atoms with Crippen LogP contribution in [0.3, 0.4) is 0 Å². The average molecular weight is 169 g/mol. The van der Waals surface area contributed by atoms with Gasteiger partial charge >= 0.3 is 0 Å². The first-order valence-corrected chi connectivity index (χ1v) is 3.52. The van der Waals surface area contributed by atoms with Gasteiger partial charge in [0.05, 0.1) is 6.54 Å². The molecule has 12 heavy (non-hydrogen) atoms. The largest absolute Gasteiger partial charge is 0.347 e. The summed E-state index contributed by atoms with van der Waals surface area (Å²) in [5.74, 6) is 0.605. The van der Waals surface area contributed by atoms with Gasteiger partial charge in [0.25, 0.3) is 0 Å². The fourth-order valence-electron chi connectivity index (χ4n) is 1.15. The minimum atomic E-state index is -0.598. The summed E-state index contributed by atoms with van der Waals surface area (Å²) >= 11 is 0. The number of aromatic nitrogens is 3. The zero-order valence-electron chi connectivity index (χ0n) is 6.17. The maximum absolute atomic E-state index is 10.4. The second kappa shape index (κ2) is 2.43. The van der Waals surface area contributed by atoms with Crippen LogP contribution in [0.5, 0.6) is 0 Å². The van der Waals surface area contributed by atoms with E-state index in [2.05, 4.69) is 15.4 Å². The number of hydrogen-bond acceptors (Lipinski definition) is 5. The van der Waals surface area contributed by atoms with Gasteiger partial charge in [0, 0.05) is 4.92 Å². The number of nitro groups is 1. The van der Waals surface area contributed by atoms with E-state index in [1.807, 2.05) is 0 Å². The van der Waals surface area contributed by atoms with Crippen LogP contribution >= 0.6 is 0 Å². The van der Waals surface area contributed by atoms with Crippen LogP contribution in [0.2, 0.25) is 0 Å². The van der Waals surface area contributed by atoms with Crippen LogP contribution in [0.1, 0.15) is 0 Å². The molecule has 0 fully saturated rings. The standard InChI is InChI=1S/C5H7N5O2/c11-10(12)4-1-6-5-7-3-8-9(5)2-4/h3-4H,1-2H2,(H,6,7,8). The molecule has 7 heteroatoms. The van der Waals surface area contributed by atoms with Gasteiger partial charge in [-0.3, -0.25) is 10.1 Å². The summed E-state index contributed by atoms with van der Waals surface area (Å²) < 4.78 is 1.50. The zero-order chi connectivity index (χ0) is 8.55. The predicted octanol–water partition coefficient (Wildman–Crippen LogP) is -0.651. The molecule has 64 valence electrons. The molecule has 0 saturated carbocycles. The van der Waals surface area contributed by atoms with Crippen LogP contribution in [-0.2, 0) is 6.54 Å². The highest BCUT2D eigenvalue weighted by Crippen LogP contribution is 2.09. The molecule has 0 spiro atoms. The van der Waals surface area contributed by atoms with Crippen molar-refractivity contribution in [2.24, 2.45) is 0 Å². The Morgan fingerprint density at radius 1 is 1.83 bits per heavy atom. The lowest BCUT2D eigenvalue weighted by molar-refractivity contribution is -0.521. The Hall–Kier alpha value is -1.66. The SMILES string of the molecule is O=[N+]([O-])C1CNc2ncnn2C1. The van der Waals surface area contributed by atoms with E-state index in [9.17, 15) is 10.1 Å². The van der Waals surface area contributed by atoms with Crippen LogP contribution in [0.25, 0.3) is 0 Å². The molecule has 0 radical (unpaired) electrons. The Kier molecular flexibility index (Phi) is 1.42. The lowest BCUT2D eigenvalue weighted by Crippen LogP contribution is -2.38. The van der Waals surface area contributed by atoms with Crippen molar-refractivity contribution in [3.8, 4) is 0 Å². The molecule has 2 rings (SSSR count). The van der Waals surface area contributed by atoms with Gasteiger partial charge in [0.2, 0.25) is 12.0 Å². The Morgan fingerprint density at radius 2 is 2.67 bits per heavy atom. The second-order valence-corrected chi connectivity index (χ2v) is 2.59. The maximum atomic E-state index is 10.4. The molecule has 0 saturated heterocycles. The van der Waals surface area contributed by atoms with Gasteiger partial charge in [0.1, 0.15) is 12.9 Å². The monoisotopic (exact) mass is 169 g/mol. The van der Waals surface area contributed by atoms with Crippen LogP contribution < -0.4 is 5.32 Å². The molecular formula is C5H7N5O2. The summed E-state index contributed by atoms with van der Waals surface area (Å²) in [7, 11) is 0. The molecule has 0 aromatic carbocycles. The van der Waals surface area contributed by atoms with Crippen LogP contribution in [0.4, 0.5) is 5.95 Å². The molecule has 1 aliphatic heterocycles. The highest BCUT2D eigenvalue weighted by atomic mass is 16.6. The zero-order valence-corrected chi connectivity index (χ0v) is 6.17. The summed E-state index contributed by atoms with van der Waals surface area (Å²) in [5.41, 5.74) is 0. The molecule has 1 aliphatic rings. The van der Waals surface area contributed by atoms with Gasteiger partial charge in [-0.05, 0) is 0 Å². The van der Waals surface area contributed by atoms with Crippen LogP contribution in [0, 0.1) is 10.1 Å². The minimum Gasteiger partial charge on any atom is -0.347 e. The average Bonchev–Trinajstić information content (AvgIpc) is 2.49. The number of rotatable bonds is 1. The summed E-state index contributed by atoms with van der Waals surface area (Å²) in [4.78, 5) is 14.0. The van der Waals surface area contributed by atoms with Crippen molar-refractivity contribution in [2.45, 2.75) is 12.6 Å². The number of hydrogen-bond donors (Lipinski definition) is 1. The van der Waals surface area contributed by atoms with Crippen molar-refractivity contribution in [1.82, 2.24) is 14.8 Å². The van der Waals surface area contributed by atoms with E-state index < -0.39 is 6.04 Å². The smallest absolute Gasteiger partial charge is 0.249 e. The fourth-order valence-corrected chi connectivity index (χ4v) is 1.15. The molecule has 0 amide bonds. The summed E-state index contributed by atoms with van der Waals surface area (Å²) in [5, 5.41) is 17.0. The van der Waals surface area contributed by atoms with Crippen LogP contribution in [0.15, 0.2) is 6.33 Å². The van der Waals surface area contributed by atoms with Gasteiger partial charge in [-0.2, -0.15) is 10.1 Å². The van der Waals surface area contributed by atoms with E-state index >= 15 is 0 Å². The van der Waals surface area contributed by atoms with E-state index in [0.717, 1.165) is 0 Å². The fraction of sp³-hybridized carbons (Fsp3) is 0.600. The number of nitrogens with zero attached hydrogens (tertiary/aromatic N) is 4. The van der Waals surface area contributed by atoms with Gasteiger partial charge in [-0.1, -0.05) is 0 Å². The molecule has 7 nitrogen and oxygen atoms in total. The Morgan fingerprint density at radius 3 is 3.42 bits per heavy atom. The Labute approximate surface area is 67.6 Å². The summed E-state index contributed by atoms with van der Waals surface area (Å²) in [6.45, 7) is 0.626. The normalized spacial score (nSPS) is 21.2. The topological polar surface area (TPSA) is 85.9 Å². The Balaban J connectivity index is 2.20. The maximum Gasteiger partial charge on any atom is 0.249 e. The van der Waals surface area contributed by atoms with Crippen LogP contribution in [-0.4, -0.2) is 32.3 Å². The Bertz CT molecular complexity index is 309. The molecular weight excluding hydrogens is 162 g/mol. The van der Waals surface area contributed by atoms with Crippen molar-refractivity contribution >= 4 is 5.95 Å². The van der Waals surface area contributed by atoms with E-state index in [4.69, 9.17) is 0 Å². The third-order valence-electron chi connectivity index (χ3n) is 1.79. The van der Waals surface area contributed by atoms with E-state index in [-0.39, 0.29) is 4.92 Å². The highest BCUT2D eigenvalue weighted by Gasteiger charge is 2.27. The molecule has 1 unspecified atom stereocenters. The third-order valence-corrected chi connectivity index (χ3v) is 1.79. The molecule has 0 bridgehead atoms. The molecule has 1 aromatic rings. The van der Waals surface area contributed by atoms with E-state index in [1.165, 1.54) is 11.0 Å². The minimum absolute atomic E-state index is 0.301. The lowest BCUT2D eigenvalue weighted by Gasteiger charge is -2.17. The van der Waals surface area contributed by atoms with Crippen molar-refractivity contribution in [2.75, 3.05) is 11.9 Å². The second-order valence-electron chi connectivity index (χ2n) is 2.59. The molecule has 2 heterocycles. The first-order valence-electron chi connectivity index (χ1n) is 3.52. The van der Waals surface area contributed by atoms with Crippen molar-refractivity contribution in [3.05, 3.63) is 16.4 Å². The van der Waals surface area contributed by atoms with E-state index in [0.29, 0.717) is 19.0 Å². The lowest BCUT2D eigenvalue weighted by atomic mass is 10.3. The predicted molar refractivity (Wildman–Crippen MR) is 39.3 cm³/mol. The third kappa shape index (κ3) is 0.987. The van der Waals surface area contributed by atoms with Gasteiger partial charge < -0.3 is 5.32 Å². The number of fused-ring (bicyclic) bond motifs is 1. The van der Waals surface area contributed by atoms with Gasteiger partial charge in [-0.15, -0.1) is 0 Å². The number of anilines is 1. The van der Waals surface area contributed by atoms with Gasteiger partial charge in [0.15, 0.2) is 0 Å². The van der Waals surface area contributed by atoms with Crippen molar-refractivity contribution in [1.29, 1.82) is 0 Å². The molecule has 1 atom stereocenters. The van der Waals surface area contributed by atoms with E-state index in [1.54, 1.807) is 0 Å². The number of nitrogens with one attached hydrogen (secondary N) is 1. The first-order chi connectivity index (χ1) is 5.77. The quantitative estimate of drug-likeness (QED) is 0.446. The van der Waals surface area contributed by atoms with Crippen molar-refractivity contribution < 1.29 is 4.92 Å². The first kappa shape index (κ1) is 7.01. The highest BCUT2D eigenvalue weighted by molar-refractivity contribution is 5.25. The molecule has 1 aromatic heterocycles. The van der Waals surface area contributed by atoms with Gasteiger partial charge in [-0.25, -0.2) is 4.68 Å². The summed E-state index contributed by atoms with van der Waals surface area (Å²) in [6, 6.07) is -0.598. The molecule has 0 aliphatic carbocycles. The van der Waals surface area contributed by atoms with Crippen molar-refractivity contribution in [3.63, 3.8) is 0 Å². The summed E-state index contributed by atoms with van der Waals surface area (Å²) in [6.07, 6.45) is 1.38. The molecule has 1 N–H and O–H groups in total.